The molecule has 1 unspecified atom stereocenters. The molecule has 2 aromatic carbocycles. The number of benzene rings is 2. The number of carbonyl (C=O) groups is 1. The lowest BCUT2D eigenvalue weighted by molar-refractivity contribution is 0.0935. The second-order valence-corrected chi connectivity index (χ2v) is 7.84. The maximum atomic E-state index is 13.7. The van der Waals surface area contributed by atoms with Gasteiger partial charge in [0.2, 0.25) is 0 Å². The Morgan fingerprint density at radius 1 is 1.14 bits per heavy atom. The highest BCUT2D eigenvalue weighted by Crippen LogP contribution is 2.19. The summed E-state index contributed by atoms with van der Waals surface area (Å²) in [5, 5.41) is 2.84. The highest BCUT2D eigenvalue weighted by Gasteiger charge is 2.18. The van der Waals surface area contributed by atoms with Crippen molar-refractivity contribution in [3.05, 3.63) is 59.9 Å². The van der Waals surface area contributed by atoms with Gasteiger partial charge in [0.1, 0.15) is 5.82 Å². The van der Waals surface area contributed by atoms with E-state index in [1.165, 1.54) is 42.5 Å². The van der Waals surface area contributed by atoms with Crippen LogP contribution < -0.4 is 15.8 Å². The van der Waals surface area contributed by atoms with Gasteiger partial charge in [0.05, 0.1) is 10.6 Å². The Kier molecular flexibility index (Phi) is 9.37. The van der Waals surface area contributed by atoms with Gasteiger partial charge >= 0.3 is 0 Å². The molecule has 2 rings (SSSR count). The Morgan fingerprint density at radius 3 is 2.36 bits per heavy atom. The van der Waals surface area contributed by atoms with Crippen molar-refractivity contribution in [2.24, 2.45) is 5.73 Å². The molecule has 0 aromatic heterocycles. The zero-order valence-corrected chi connectivity index (χ0v) is 17.2. The summed E-state index contributed by atoms with van der Waals surface area (Å²) in [4.78, 5) is 12.2. The standard InChI is InChI=1S/C19H24FN3O3S.ClH/c1-2-3-6-15(13-21)22-19(24)14-9-11-16(12-10-14)27(25,26)23-18-8-5-4-7-17(18)20;/h4-5,7-12,15,23H,2-3,6,13,21H2,1H3,(H,22,24);1H. The van der Waals surface area contributed by atoms with Gasteiger partial charge in [-0.1, -0.05) is 31.9 Å². The number of unbranched alkanes of at least 4 members (excludes halogenated alkanes) is 1. The number of anilines is 1. The molecule has 0 saturated carbocycles. The summed E-state index contributed by atoms with van der Waals surface area (Å²) in [7, 11) is -3.96. The van der Waals surface area contributed by atoms with Gasteiger partial charge in [-0.15, -0.1) is 12.4 Å². The molecule has 1 amide bonds. The third kappa shape index (κ3) is 6.47. The number of nitrogens with two attached hydrogens (primary N) is 1. The van der Waals surface area contributed by atoms with Crippen molar-refractivity contribution in [2.45, 2.75) is 37.1 Å². The van der Waals surface area contributed by atoms with Gasteiger partial charge in [0.25, 0.3) is 15.9 Å². The largest absolute Gasteiger partial charge is 0.348 e. The Bertz CT molecular complexity index is 876. The fourth-order valence-electron chi connectivity index (χ4n) is 2.50. The number of hydrogen-bond acceptors (Lipinski definition) is 4. The number of sulfonamides is 1. The minimum atomic E-state index is -3.96. The molecule has 0 bridgehead atoms. The Morgan fingerprint density at radius 2 is 1.79 bits per heavy atom. The first kappa shape index (κ1) is 23.9. The lowest BCUT2D eigenvalue weighted by atomic mass is 10.1. The zero-order chi connectivity index (χ0) is 19.9. The van der Waals surface area contributed by atoms with Gasteiger partial charge < -0.3 is 11.1 Å². The predicted molar refractivity (Wildman–Crippen MR) is 111 cm³/mol. The van der Waals surface area contributed by atoms with Gasteiger partial charge in [-0.05, 0) is 42.8 Å². The van der Waals surface area contributed by atoms with Gasteiger partial charge in [-0.2, -0.15) is 0 Å². The fraction of sp³-hybridized carbons (Fsp3) is 0.316. The second-order valence-electron chi connectivity index (χ2n) is 6.16. The molecule has 6 nitrogen and oxygen atoms in total. The SMILES string of the molecule is CCCCC(CN)NC(=O)c1ccc(S(=O)(=O)Nc2ccccc2F)cc1.Cl. The van der Waals surface area contributed by atoms with E-state index in [0.29, 0.717) is 12.1 Å². The molecular weight excluding hydrogens is 405 g/mol. The van der Waals surface area contributed by atoms with Crippen molar-refractivity contribution in [1.29, 1.82) is 0 Å². The van der Waals surface area contributed by atoms with E-state index in [0.717, 1.165) is 25.3 Å². The monoisotopic (exact) mass is 429 g/mol. The van der Waals surface area contributed by atoms with E-state index in [9.17, 15) is 17.6 Å². The second kappa shape index (κ2) is 11.0. The maximum absolute atomic E-state index is 13.7. The highest BCUT2D eigenvalue weighted by molar-refractivity contribution is 7.92. The summed E-state index contributed by atoms with van der Waals surface area (Å²) in [6.45, 7) is 2.40. The molecule has 4 N–H and O–H groups in total. The number of halogens is 2. The van der Waals surface area contributed by atoms with Crippen molar-refractivity contribution in [2.75, 3.05) is 11.3 Å². The van der Waals surface area contributed by atoms with Gasteiger partial charge in [-0.25, -0.2) is 12.8 Å². The van der Waals surface area contributed by atoms with Crippen LogP contribution >= 0.6 is 12.4 Å². The number of carbonyl (C=O) groups excluding carboxylic acids is 1. The average Bonchev–Trinajstić information content (AvgIpc) is 2.66. The van der Waals surface area contributed by atoms with Gasteiger partial charge in [0.15, 0.2) is 0 Å². The summed E-state index contributed by atoms with van der Waals surface area (Å²) in [6.07, 6.45) is 2.76. The number of rotatable bonds is 9. The smallest absolute Gasteiger partial charge is 0.261 e. The van der Waals surface area contributed by atoms with Crippen molar-refractivity contribution in [3.63, 3.8) is 0 Å². The van der Waals surface area contributed by atoms with Crippen LogP contribution in [0.2, 0.25) is 0 Å². The van der Waals surface area contributed by atoms with Gasteiger partial charge in [-0.3, -0.25) is 9.52 Å². The number of hydrogen-bond donors (Lipinski definition) is 3. The predicted octanol–water partition coefficient (Wildman–Crippen LogP) is 3.30. The Hall–Kier alpha value is -2.16. The summed E-state index contributed by atoms with van der Waals surface area (Å²) in [6, 6.07) is 10.8. The molecule has 154 valence electrons. The molecule has 9 heteroatoms. The highest BCUT2D eigenvalue weighted by atomic mass is 35.5. The van der Waals surface area contributed by atoms with Crippen molar-refractivity contribution < 1.29 is 17.6 Å². The molecule has 28 heavy (non-hydrogen) atoms. The molecule has 0 saturated heterocycles. The fourth-order valence-corrected chi connectivity index (χ4v) is 3.57. The lowest BCUT2D eigenvalue weighted by Gasteiger charge is -2.16. The summed E-state index contributed by atoms with van der Waals surface area (Å²) >= 11 is 0. The topological polar surface area (TPSA) is 101 Å². The van der Waals surface area contributed by atoms with Crippen LogP contribution in [0.3, 0.4) is 0 Å². The summed E-state index contributed by atoms with van der Waals surface area (Å²) < 4.78 is 40.6. The molecule has 0 aliphatic carbocycles. The zero-order valence-electron chi connectivity index (χ0n) is 15.5. The van der Waals surface area contributed by atoms with Crippen molar-refractivity contribution in [3.8, 4) is 0 Å². The van der Waals surface area contributed by atoms with E-state index < -0.39 is 15.8 Å². The van der Waals surface area contributed by atoms with Crippen molar-refractivity contribution in [1.82, 2.24) is 5.32 Å². The molecule has 1 atom stereocenters. The molecular formula is C19H25ClFN3O3S. The molecule has 0 fully saturated rings. The first-order valence-corrected chi connectivity index (χ1v) is 10.2. The van der Waals surface area contributed by atoms with E-state index in [4.69, 9.17) is 5.73 Å². The van der Waals surface area contributed by atoms with Crippen LogP contribution in [0.25, 0.3) is 0 Å². The van der Waals surface area contributed by atoms with Crippen molar-refractivity contribution >= 4 is 34.0 Å². The first-order chi connectivity index (χ1) is 12.9. The van der Waals surface area contributed by atoms with Crippen LogP contribution in [-0.2, 0) is 10.0 Å². The summed E-state index contributed by atoms with van der Waals surface area (Å²) in [5.41, 5.74) is 5.86. The third-order valence-corrected chi connectivity index (χ3v) is 5.45. The maximum Gasteiger partial charge on any atom is 0.261 e. The molecule has 0 aliphatic heterocycles. The number of amides is 1. The Balaban J connectivity index is 0.00000392. The van der Waals surface area contributed by atoms with Gasteiger partial charge in [0, 0.05) is 18.2 Å². The minimum Gasteiger partial charge on any atom is -0.348 e. The van der Waals surface area contributed by atoms with Crippen LogP contribution in [-0.4, -0.2) is 26.9 Å². The van der Waals surface area contributed by atoms with Crippen LogP contribution in [0.15, 0.2) is 53.4 Å². The average molecular weight is 430 g/mol. The number of para-hydroxylation sites is 1. The minimum absolute atomic E-state index is 0. The molecule has 2 aromatic rings. The van der Waals surface area contributed by atoms with E-state index in [2.05, 4.69) is 17.0 Å². The lowest BCUT2D eigenvalue weighted by Crippen LogP contribution is -2.40. The molecule has 0 heterocycles. The van der Waals surface area contributed by atoms with Crippen LogP contribution in [0.4, 0.5) is 10.1 Å². The number of nitrogens with one attached hydrogen (secondary N) is 2. The van der Waals surface area contributed by atoms with Crippen LogP contribution in [0.1, 0.15) is 36.5 Å². The Labute approximate surface area is 171 Å². The summed E-state index contributed by atoms with van der Waals surface area (Å²) in [5.74, 6) is -0.982. The quantitative estimate of drug-likeness (QED) is 0.569. The van der Waals surface area contributed by atoms with E-state index in [1.54, 1.807) is 0 Å². The van der Waals surface area contributed by atoms with E-state index in [-0.39, 0.29) is 34.9 Å². The molecule has 0 spiro atoms. The van der Waals surface area contributed by atoms with Crippen LogP contribution in [0, 0.1) is 5.82 Å². The van der Waals surface area contributed by atoms with E-state index in [1.807, 2.05) is 0 Å². The van der Waals surface area contributed by atoms with E-state index >= 15 is 0 Å². The third-order valence-electron chi connectivity index (χ3n) is 4.07. The molecule has 0 radical (unpaired) electrons. The first-order valence-electron chi connectivity index (χ1n) is 8.75. The van der Waals surface area contributed by atoms with Crippen LogP contribution in [0.5, 0.6) is 0 Å². The molecule has 0 aliphatic rings. The normalized spacial score (nSPS) is 12.0.